The van der Waals surface area contributed by atoms with Gasteiger partial charge in [-0.3, -0.25) is 4.79 Å². The predicted octanol–water partition coefficient (Wildman–Crippen LogP) is 3.51. The SMILES string of the molecule is COc1ccc(C)cc1C(=O)c1cc(F)cc(F)c1. The third kappa shape index (κ3) is 2.78. The van der Waals surface area contributed by atoms with Gasteiger partial charge in [-0.05, 0) is 31.2 Å². The molecule has 0 aliphatic rings. The van der Waals surface area contributed by atoms with E-state index in [0.29, 0.717) is 5.75 Å². The molecule has 98 valence electrons. The molecule has 0 saturated carbocycles. The van der Waals surface area contributed by atoms with Crippen LogP contribution in [0.15, 0.2) is 36.4 Å². The summed E-state index contributed by atoms with van der Waals surface area (Å²) in [6.07, 6.45) is 0. The second kappa shape index (κ2) is 5.18. The van der Waals surface area contributed by atoms with E-state index in [2.05, 4.69) is 0 Å². The minimum Gasteiger partial charge on any atom is -0.496 e. The molecule has 2 aromatic rings. The third-order valence-electron chi connectivity index (χ3n) is 2.72. The zero-order valence-electron chi connectivity index (χ0n) is 10.5. The van der Waals surface area contributed by atoms with E-state index in [-0.39, 0.29) is 11.1 Å². The number of benzene rings is 2. The van der Waals surface area contributed by atoms with Gasteiger partial charge in [0.2, 0.25) is 0 Å². The van der Waals surface area contributed by atoms with Crippen molar-refractivity contribution in [3.05, 3.63) is 64.7 Å². The van der Waals surface area contributed by atoms with Gasteiger partial charge in [-0.1, -0.05) is 11.6 Å². The number of ketones is 1. The van der Waals surface area contributed by atoms with Gasteiger partial charge in [-0.15, -0.1) is 0 Å². The molecular weight excluding hydrogens is 250 g/mol. The lowest BCUT2D eigenvalue weighted by Gasteiger charge is -2.09. The monoisotopic (exact) mass is 262 g/mol. The second-order valence-corrected chi connectivity index (χ2v) is 4.19. The van der Waals surface area contributed by atoms with E-state index < -0.39 is 17.4 Å². The fourth-order valence-electron chi connectivity index (χ4n) is 1.84. The van der Waals surface area contributed by atoms with Crippen molar-refractivity contribution in [1.82, 2.24) is 0 Å². The molecule has 0 amide bonds. The molecule has 19 heavy (non-hydrogen) atoms. The lowest BCUT2D eigenvalue weighted by atomic mass is 10.0. The van der Waals surface area contributed by atoms with E-state index in [9.17, 15) is 13.6 Å². The van der Waals surface area contributed by atoms with Crippen LogP contribution in [0.5, 0.6) is 5.75 Å². The number of carbonyl (C=O) groups is 1. The summed E-state index contributed by atoms with van der Waals surface area (Å²) < 4.78 is 31.4. The maximum atomic E-state index is 13.1. The molecule has 0 fully saturated rings. The molecule has 4 heteroatoms. The van der Waals surface area contributed by atoms with Crippen LogP contribution < -0.4 is 4.74 Å². The summed E-state index contributed by atoms with van der Waals surface area (Å²) in [6, 6.07) is 7.81. The van der Waals surface area contributed by atoms with Crippen molar-refractivity contribution >= 4 is 5.78 Å². The Balaban J connectivity index is 2.52. The Bertz CT molecular complexity index is 616. The first kappa shape index (κ1) is 13.2. The van der Waals surface area contributed by atoms with E-state index in [0.717, 1.165) is 23.8 Å². The Labute approximate surface area is 109 Å². The zero-order chi connectivity index (χ0) is 14.0. The van der Waals surface area contributed by atoms with Gasteiger partial charge < -0.3 is 4.74 Å². The topological polar surface area (TPSA) is 26.3 Å². The molecular formula is C15H12F2O2. The Kier molecular flexibility index (Phi) is 3.60. The van der Waals surface area contributed by atoms with Crippen LogP contribution in [0.4, 0.5) is 8.78 Å². The van der Waals surface area contributed by atoms with Crippen molar-refractivity contribution in [2.45, 2.75) is 6.92 Å². The van der Waals surface area contributed by atoms with Crippen molar-refractivity contribution in [1.29, 1.82) is 0 Å². The van der Waals surface area contributed by atoms with E-state index in [4.69, 9.17) is 4.74 Å². The molecule has 0 N–H and O–H groups in total. The zero-order valence-corrected chi connectivity index (χ0v) is 10.5. The van der Waals surface area contributed by atoms with E-state index in [1.54, 1.807) is 18.2 Å². The van der Waals surface area contributed by atoms with E-state index >= 15 is 0 Å². The van der Waals surface area contributed by atoms with Crippen LogP contribution in [0.1, 0.15) is 21.5 Å². The van der Waals surface area contributed by atoms with Crippen LogP contribution in [0.25, 0.3) is 0 Å². The number of halogens is 2. The quantitative estimate of drug-likeness (QED) is 0.791. The first-order valence-electron chi connectivity index (χ1n) is 5.66. The highest BCUT2D eigenvalue weighted by Gasteiger charge is 2.16. The van der Waals surface area contributed by atoms with E-state index in [1.807, 2.05) is 6.92 Å². The number of rotatable bonds is 3. The number of methoxy groups -OCH3 is 1. The van der Waals surface area contributed by atoms with Crippen LogP contribution in [-0.2, 0) is 0 Å². The highest BCUT2D eigenvalue weighted by molar-refractivity contribution is 6.10. The maximum absolute atomic E-state index is 13.1. The van der Waals surface area contributed by atoms with Crippen molar-refractivity contribution in [3.63, 3.8) is 0 Å². The van der Waals surface area contributed by atoms with Crippen LogP contribution in [-0.4, -0.2) is 12.9 Å². The Morgan fingerprint density at radius 1 is 1.05 bits per heavy atom. The summed E-state index contributed by atoms with van der Waals surface area (Å²) in [5, 5.41) is 0. The average molecular weight is 262 g/mol. The molecule has 0 unspecified atom stereocenters. The van der Waals surface area contributed by atoms with Crippen LogP contribution in [0.3, 0.4) is 0 Å². The lowest BCUT2D eigenvalue weighted by Crippen LogP contribution is -2.05. The number of aryl methyl sites for hydroxylation is 1. The maximum Gasteiger partial charge on any atom is 0.196 e. The van der Waals surface area contributed by atoms with Gasteiger partial charge in [0.25, 0.3) is 0 Å². The van der Waals surface area contributed by atoms with Gasteiger partial charge >= 0.3 is 0 Å². The summed E-state index contributed by atoms with van der Waals surface area (Å²) in [5.41, 5.74) is 1.11. The van der Waals surface area contributed by atoms with Crippen molar-refractivity contribution < 1.29 is 18.3 Å². The first-order valence-corrected chi connectivity index (χ1v) is 5.66. The molecule has 0 saturated heterocycles. The van der Waals surface area contributed by atoms with Gasteiger partial charge in [0.05, 0.1) is 12.7 Å². The van der Waals surface area contributed by atoms with E-state index in [1.165, 1.54) is 7.11 Å². The third-order valence-corrected chi connectivity index (χ3v) is 2.72. The second-order valence-electron chi connectivity index (χ2n) is 4.19. The fraction of sp³-hybridized carbons (Fsp3) is 0.133. The first-order chi connectivity index (χ1) is 9.01. The molecule has 0 aliphatic heterocycles. The highest BCUT2D eigenvalue weighted by Crippen LogP contribution is 2.23. The van der Waals surface area contributed by atoms with Crippen molar-refractivity contribution in [2.24, 2.45) is 0 Å². The molecule has 2 nitrogen and oxygen atoms in total. The van der Waals surface area contributed by atoms with Gasteiger partial charge in [0, 0.05) is 11.6 Å². The van der Waals surface area contributed by atoms with Crippen LogP contribution >= 0.6 is 0 Å². The van der Waals surface area contributed by atoms with Gasteiger partial charge in [0.1, 0.15) is 17.4 Å². The summed E-state index contributed by atoms with van der Waals surface area (Å²) in [6.45, 7) is 1.82. The highest BCUT2D eigenvalue weighted by atomic mass is 19.1. The summed E-state index contributed by atoms with van der Waals surface area (Å²) >= 11 is 0. The smallest absolute Gasteiger partial charge is 0.196 e. The Hall–Kier alpha value is -2.23. The van der Waals surface area contributed by atoms with Crippen molar-refractivity contribution in [3.8, 4) is 5.75 Å². The molecule has 0 aromatic heterocycles. The molecule has 0 bridgehead atoms. The fourth-order valence-corrected chi connectivity index (χ4v) is 1.84. The van der Waals surface area contributed by atoms with Crippen molar-refractivity contribution in [2.75, 3.05) is 7.11 Å². The van der Waals surface area contributed by atoms with Crippen LogP contribution in [0.2, 0.25) is 0 Å². The van der Waals surface area contributed by atoms with Gasteiger partial charge in [-0.2, -0.15) is 0 Å². The number of hydrogen-bond donors (Lipinski definition) is 0. The minimum absolute atomic E-state index is 0.0404. The summed E-state index contributed by atoms with van der Waals surface area (Å²) in [5.74, 6) is -1.66. The Morgan fingerprint density at radius 3 is 2.26 bits per heavy atom. The predicted molar refractivity (Wildman–Crippen MR) is 67.5 cm³/mol. The standard InChI is InChI=1S/C15H12F2O2/c1-9-3-4-14(19-2)13(5-9)15(18)10-6-11(16)8-12(17)7-10/h3-8H,1-2H3. The molecule has 0 atom stereocenters. The summed E-state index contributed by atoms with van der Waals surface area (Å²) in [7, 11) is 1.44. The molecule has 2 rings (SSSR count). The molecule has 0 spiro atoms. The van der Waals surface area contributed by atoms with Crippen LogP contribution in [0, 0.1) is 18.6 Å². The number of ether oxygens (including phenoxy) is 1. The Morgan fingerprint density at radius 2 is 1.68 bits per heavy atom. The number of carbonyl (C=O) groups excluding carboxylic acids is 1. The van der Waals surface area contributed by atoms with Gasteiger partial charge in [-0.25, -0.2) is 8.78 Å². The lowest BCUT2D eigenvalue weighted by molar-refractivity contribution is 0.103. The number of hydrogen-bond acceptors (Lipinski definition) is 2. The summed E-state index contributed by atoms with van der Waals surface area (Å²) in [4.78, 5) is 12.3. The minimum atomic E-state index is -0.782. The molecule has 0 aliphatic carbocycles. The van der Waals surface area contributed by atoms with Gasteiger partial charge in [0.15, 0.2) is 5.78 Å². The normalized spacial score (nSPS) is 10.3. The largest absolute Gasteiger partial charge is 0.496 e. The molecule has 2 aromatic carbocycles. The average Bonchev–Trinajstić information content (AvgIpc) is 2.36. The molecule has 0 radical (unpaired) electrons. The molecule has 0 heterocycles.